The summed E-state index contributed by atoms with van der Waals surface area (Å²) in [6.07, 6.45) is 7.75. The Morgan fingerprint density at radius 1 is 1.24 bits per heavy atom. The topological polar surface area (TPSA) is 55.1 Å². The van der Waals surface area contributed by atoms with Gasteiger partial charge >= 0.3 is 0 Å². The van der Waals surface area contributed by atoms with Gasteiger partial charge in [-0.3, -0.25) is 4.79 Å². The SMILES string of the molecule is CC(CC(N)=S)NC(=O)C12CC3CC(C)(CC(C)(C3)C1)C2. The molecule has 0 aromatic carbocycles. The highest BCUT2D eigenvalue weighted by Gasteiger charge is 2.62. The quantitative estimate of drug-likeness (QED) is 0.784. The Balaban J connectivity index is 1.78. The van der Waals surface area contributed by atoms with Crippen molar-refractivity contribution in [1.29, 1.82) is 0 Å². The van der Waals surface area contributed by atoms with Crippen LogP contribution in [0.3, 0.4) is 0 Å². The maximum atomic E-state index is 13.0. The molecule has 0 aromatic rings. The maximum absolute atomic E-state index is 13.0. The summed E-state index contributed by atoms with van der Waals surface area (Å²) < 4.78 is 0. The molecule has 3 atom stereocenters. The van der Waals surface area contributed by atoms with Crippen LogP contribution in [0.15, 0.2) is 0 Å². The van der Waals surface area contributed by atoms with Gasteiger partial charge in [-0.2, -0.15) is 0 Å². The Morgan fingerprint density at radius 2 is 1.81 bits per heavy atom. The third-order valence-corrected chi connectivity index (χ3v) is 6.16. The van der Waals surface area contributed by atoms with Crippen molar-refractivity contribution in [3.63, 3.8) is 0 Å². The van der Waals surface area contributed by atoms with Gasteiger partial charge in [-0.15, -0.1) is 0 Å². The van der Waals surface area contributed by atoms with Crippen LogP contribution in [0.25, 0.3) is 0 Å². The van der Waals surface area contributed by atoms with Gasteiger partial charge in [-0.1, -0.05) is 26.1 Å². The molecule has 118 valence electrons. The first kappa shape index (κ1) is 15.3. The van der Waals surface area contributed by atoms with Crippen molar-refractivity contribution >= 4 is 23.1 Å². The summed E-state index contributed by atoms with van der Waals surface area (Å²) in [7, 11) is 0. The fourth-order valence-electron chi connectivity index (χ4n) is 6.43. The zero-order valence-electron chi connectivity index (χ0n) is 13.5. The molecule has 0 aliphatic heterocycles. The lowest BCUT2D eigenvalue weighted by Crippen LogP contribution is -2.60. The maximum Gasteiger partial charge on any atom is 0.226 e. The number of carbonyl (C=O) groups is 1. The highest BCUT2D eigenvalue weighted by Crippen LogP contribution is 2.69. The molecule has 4 heteroatoms. The van der Waals surface area contributed by atoms with Crippen molar-refractivity contribution < 1.29 is 4.79 Å². The van der Waals surface area contributed by atoms with Gasteiger partial charge in [-0.05, 0) is 62.2 Å². The molecule has 4 rings (SSSR count). The molecule has 0 saturated heterocycles. The predicted molar refractivity (Wildman–Crippen MR) is 88.8 cm³/mol. The molecule has 3 unspecified atom stereocenters. The van der Waals surface area contributed by atoms with Gasteiger partial charge in [0.25, 0.3) is 0 Å². The van der Waals surface area contributed by atoms with Gasteiger partial charge < -0.3 is 11.1 Å². The van der Waals surface area contributed by atoms with Crippen LogP contribution in [0.1, 0.15) is 65.7 Å². The zero-order valence-corrected chi connectivity index (χ0v) is 14.3. The Kier molecular flexibility index (Phi) is 3.40. The number of hydrogen-bond acceptors (Lipinski definition) is 2. The van der Waals surface area contributed by atoms with E-state index in [4.69, 9.17) is 18.0 Å². The van der Waals surface area contributed by atoms with Crippen LogP contribution in [-0.4, -0.2) is 16.9 Å². The first-order chi connectivity index (χ1) is 9.64. The molecule has 0 heterocycles. The Labute approximate surface area is 133 Å². The monoisotopic (exact) mass is 308 g/mol. The third kappa shape index (κ3) is 2.71. The molecule has 3 N–H and O–H groups in total. The second-order valence-electron chi connectivity index (χ2n) is 8.96. The van der Waals surface area contributed by atoms with Gasteiger partial charge in [0.1, 0.15) is 0 Å². The molecule has 4 fully saturated rings. The van der Waals surface area contributed by atoms with Crippen LogP contribution >= 0.6 is 12.2 Å². The van der Waals surface area contributed by atoms with Gasteiger partial charge in [0.05, 0.1) is 10.4 Å². The van der Waals surface area contributed by atoms with Crippen LogP contribution in [0.4, 0.5) is 0 Å². The normalized spacial score (nSPS) is 45.4. The summed E-state index contributed by atoms with van der Waals surface area (Å²) >= 11 is 4.95. The van der Waals surface area contributed by atoms with Gasteiger partial charge in [0.15, 0.2) is 0 Å². The highest BCUT2D eigenvalue weighted by atomic mass is 32.1. The van der Waals surface area contributed by atoms with Crippen molar-refractivity contribution in [2.75, 3.05) is 0 Å². The van der Waals surface area contributed by atoms with Gasteiger partial charge in [0, 0.05) is 12.5 Å². The molecule has 4 bridgehead atoms. The van der Waals surface area contributed by atoms with Crippen LogP contribution in [0.2, 0.25) is 0 Å². The van der Waals surface area contributed by atoms with Crippen LogP contribution in [-0.2, 0) is 4.79 Å². The summed E-state index contributed by atoms with van der Waals surface area (Å²) in [5, 5.41) is 3.20. The largest absolute Gasteiger partial charge is 0.393 e. The van der Waals surface area contributed by atoms with Crippen molar-refractivity contribution in [3.8, 4) is 0 Å². The second kappa shape index (κ2) is 4.68. The summed E-state index contributed by atoms with van der Waals surface area (Å²) in [6, 6.07) is 0.0450. The number of hydrogen-bond donors (Lipinski definition) is 2. The van der Waals surface area contributed by atoms with Gasteiger partial charge in [0.2, 0.25) is 5.91 Å². The average Bonchev–Trinajstić information content (AvgIpc) is 2.21. The molecule has 0 radical (unpaired) electrons. The molecule has 1 amide bonds. The van der Waals surface area contributed by atoms with E-state index in [2.05, 4.69) is 19.2 Å². The highest BCUT2D eigenvalue weighted by molar-refractivity contribution is 7.80. The number of nitrogens with two attached hydrogens (primary N) is 1. The third-order valence-electron chi connectivity index (χ3n) is 5.99. The fraction of sp³-hybridized carbons (Fsp3) is 0.882. The van der Waals surface area contributed by atoms with Crippen LogP contribution < -0.4 is 11.1 Å². The molecule has 4 aliphatic carbocycles. The molecule has 4 aliphatic rings. The lowest BCUT2D eigenvalue weighted by Gasteiger charge is -2.64. The Bertz CT molecular complexity index is 471. The Morgan fingerprint density at radius 3 is 2.29 bits per heavy atom. The molecule has 4 saturated carbocycles. The van der Waals surface area contributed by atoms with E-state index in [-0.39, 0.29) is 17.4 Å². The van der Waals surface area contributed by atoms with E-state index in [9.17, 15) is 4.79 Å². The molecule has 0 aromatic heterocycles. The van der Waals surface area contributed by atoms with Crippen molar-refractivity contribution in [2.24, 2.45) is 27.9 Å². The summed E-state index contributed by atoms with van der Waals surface area (Å²) in [6.45, 7) is 6.80. The van der Waals surface area contributed by atoms with E-state index in [0.717, 1.165) is 25.2 Å². The number of rotatable bonds is 4. The predicted octanol–water partition coefficient (Wildman–Crippen LogP) is 3.16. The number of carbonyl (C=O) groups excluding carboxylic acids is 1. The second-order valence-corrected chi connectivity index (χ2v) is 9.48. The summed E-state index contributed by atoms with van der Waals surface area (Å²) in [5.41, 5.74) is 6.21. The minimum atomic E-state index is -0.132. The molecule has 0 spiro atoms. The van der Waals surface area contributed by atoms with Crippen LogP contribution in [0.5, 0.6) is 0 Å². The minimum absolute atomic E-state index is 0.0450. The smallest absolute Gasteiger partial charge is 0.226 e. The van der Waals surface area contributed by atoms with Crippen molar-refractivity contribution in [3.05, 3.63) is 0 Å². The van der Waals surface area contributed by atoms with E-state index >= 15 is 0 Å². The van der Waals surface area contributed by atoms with Crippen molar-refractivity contribution in [1.82, 2.24) is 5.32 Å². The lowest BCUT2D eigenvalue weighted by atomic mass is 9.40. The molecular weight excluding hydrogens is 280 g/mol. The van der Waals surface area contributed by atoms with E-state index in [1.165, 1.54) is 19.3 Å². The number of amides is 1. The summed E-state index contributed by atoms with van der Waals surface area (Å²) in [4.78, 5) is 13.5. The Hall–Kier alpha value is -0.640. The van der Waals surface area contributed by atoms with Gasteiger partial charge in [-0.25, -0.2) is 0 Å². The van der Waals surface area contributed by atoms with E-state index in [1.54, 1.807) is 0 Å². The molecular formula is C17H28N2OS. The van der Waals surface area contributed by atoms with Crippen molar-refractivity contribution in [2.45, 2.75) is 71.8 Å². The average molecular weight is 308 g/mol. The molecule has 3 nitrogen and oxygen atoms in total. The van der Waals surface area contributed by atoms with E-state index < -0.39 is 0 Å². The van der Waals surface area contributed by atoms with E-state index in [1.807, 2.05) is 6.92 Å². The van der Waals surface area contributed by atoms with E-state index in [0.29, 0.717) is 22.2 Å². The molecule has 21 heavy (non-hydrogen) atoms. The fourth-order valence-corrected chi connectivity index (χ4v) is 6.68. The standard InChI is InChI=1S/C17H28N2OS/c1-11(4-13(18)21)19-14(20)17-7-12-5-15(2,9-17)8-16(3,6-12)10-17/h11-12H,4-10H2,1-3H3,(H2,18,21)(H,19,20). The summed E-state index contributed by atoms with van der Waals surface area (Å²) in [5.74, 6) is 1.00. The van der Waals surface area contributed by atoms with Crippen LogP contribution in [0, 0.1) is 22.2 Å². The first-order valence-corrected chi connectivity index (χ1v) is 8.64. The first-order valence-electron chi connectivity index (χ1n) is 8.23. The zero-order chi connectivity index (χ0) is 15.5. The minimum Gasteiger partial charge on any atom is -0.393 e. The number of nitrogens with one attached hydrogen (secondary N) is 1. The number of thiocarbonyl (C=S) groups is 1. The lowest BCUT2D eigenvalue weighted by molar-refractivity contribution is -0.170.